The summed E-state index contributed by atoms with van der Waals surface area (Å²) in [6.07, 6.45) is 1.29. The van der Waals surface area contributed by atoms with E-state index in [-0.39, 0.29) is 11.8 Å². The van der Waals surface area contributed by atoms with Crippen LogP contribution < -0.4 is 16.4 Å². The maximum absolute atomic E-state index is 12.2. The molecule has 0 saturated heterocycles. The van der Waals surface area contributed by atoms with Gasteiger partial charge in [0.05, 0.1) is 0 Å². The SMILES string of the molecule is CCCC(=O)Nc1ccc(CNC(=O)c2cccc(C(N)=O)c2)cc1. The molecule has 3 amide bonds. The van der Waals surface area contributed by atoms with Gasteiger partial charge in [0, 0.05) is 29.8 Å². The standard InChI is InChI=1S/C19H21N3O3/c1-2-4-17(23)22-16-9-7-13(8-10-16)12-21-19(25)15-6-3-5-14(11-15)18(20)24/h3,5-11H,2,4,12H2,1H3,(H2,20,24)(H,21,25)(H,22,23). The lowest BCUT2D eigenvalue weighted by molar-refractivity contribution is -0.116. The van der Waals surface area contributed by atoms with Gasteiger partial charge in [0.2, 0.25) is 11.8 Å². The first kappa shape index (κ1) is 18.2. The number of anilines is 1. The third-order valence-corrected chi connectivity index (χ3v) is 3.58. The summed E-state index contributed by atoms with van der Waals surface area (Å²) >= 11 is 0. The number of amides is 3. The Kier molecular flexibility index (Phi) is 6.28. The average molecular weight is 339 g/mol. The Bertz CT molecular complexity index is 770. The van der Waals surface area contributed by atoms with Gasteiger partial charge in [0.15, 0.2) is 0 Å². The van der Waals surface area contributed by atoms with Crippen molar-refractivity contribution in [3.63, 3.8) is 0 Å². The Morgan fingerprint density at radius 3 is 2.32 bits per heavy atom. The van der Waals surface area contributed by atoms with Crippen LogP contribution in [0.5, 0.6) is 0 Å². The molecule has 4 N–H and O–H groups in total. The third kappa shape index (κ3) is 5.46. The molecule has 0 spiro atoms. The van der Waals surface area contributed by atoms with Crippen molar-refractivity contribution in [2.24, 2.45) is 5.73 Å². The molecule has 0 aliphatic rings. The number of carbonyl (C=O) groups is 3. The summed E-state index contributed by atoms with van der Waals surface area (Å²) in [5.74, 6) is -0.878. The number of hydrogen-bond donors (Lipinski definition) is 3. The molecule has 0 aliphatic heterocycles. The highest BCUT2D eigenvalue weighted by atomic mass is 16.2. The van der Waals surface area contributed by atoms with Crippen molar-refractivity contribution in [3.05, 3.63) is 65.2 Å². The van der Waals surface area contributed by atoms with Crippen LogP contribution in [0.3, 0.4) is 0 Å². The van der Waals surface area contributed by atoms with Crippen LogP contribution in [0.2, 0.25) is 0 Å². The van der Waals surface area contributed by atoms with E-state index in [4.69, 9.17) is 5.73 Å². The molecule has 130 valence electrons. The minimum Gasteiger partial charge on any atom is -0.366 e. The maximum Gasteiger partial charge on any atom is 0.251 e. The van der Waals surface area contributed by atoms with Crippen LogP contribution in [0.25, 0.3) is 0 Å². The van der Waals surface area contributed by atoms with Gasteiger partial charge in [0.25, 0.3) is 5.91 Å². The monoisotopic (exact) mass is 339 g/mol. The number of benzene rings is 2. The molecule has 6 nitrogen and oxygen atoms in total. The second kappa shape index (κ2) is 8.63. The number of carbonyl (C=O) groups excluding carboxylic acids is 3. The largest absolute Gasteiger partial charge is 0.366 e. The molecule has 25 heavy (non-hydrogen) atoms. The highest BCUT2D eigenvalue weighted by Crippen LogP contribution is 2.11. The Labute approximate surface area is 146 Å². The molecule has 6 heteroatoms. The molecule has 0 fully saturated rings. The van der Waals surface area contributed by atoms with E-state index in [2.05, 4.69) is 10.6 Å². The molecule has 0 atom stereocenters. The molecule has 0 heterocycles. The quantitative estimate of drug-likeness (QED) is 0.722. The van der Waals surface area contributed by atoms with Crippen molar-refractivity contribution >= 4 is 23.4 Å². The molecule has 2 aromatic rings. The minimum atomic E-state index is -0.574. The van der Waals surface area contributed by atoms with E-state index in [1.165, 1.54) is 6.07 Å². The second-order valence-electron chi connectivity index (χ2n) is 5.62. The Morgan fingerprint density at radius 2 is 1.68 bits per heavy atom. The topological polar surface area (TPSA) is 101 Å². The summed E-state index contributed by atoms with van der Waals surface area (Å²) in [5, 5.41) is 5.59. The second-order valence-corrected chi connectivity index (χ2v) is 5.62. The molecular formula is C19H21N3O3. The minimum absolute atomic E-state index is 0.0158. The third-order valence-electron chi connectivity index (χ3n) is 3.58. The van der Waals surface area contributed by atoms with E-state index in [0.717, 1.165) is 17.7 Å². The van der Waals surface area contributed by atoms with Crippen molar-refractivity contribution in [2.75, 3.05) is 5.32 Å². The number of hydrogen-bond acceptors (Lipinski definition) is 3. The smallest absolute Gasteiger partial charge is 0.251 e. The summed E-state index contributed by atoms with van der Waals surface area (Å²) in [5.41, 5.74) is 7.50. The van der Waals surface area contributed by atoms with Gasteiger partial charge in [-0.3, -0.25) is 14.4 Å². The van der Waals surface area contributed by atoms with E-state index in [9.17, 15) is 14.4 Å². The summed E-state index contributed by atoms with van der Waals surface area (Å²) in [7, 11) is 0. The zero-order chi connectivity index (χ0) is 18.2. The Morgan fingerprint density at radius 1 is 1.00 bits per heavy atom. The van der Waals surface area contributed by atoms with Crippen LogP contribution >= 0.6 is 0 Å². The van der Waals surface area contributed by atoms with Crippen molar-refractivity contribution in [1.82, 2.24) is 5.32 Å². The van der Waals surface area contributed by atoms with Crippen molar-refractivity contribution in [3.8, 4) is 0 Å². The Hall–Kier alpha value is -3.15. The van der Waals surface area contributed by atoms with Crippen molar-refractivity contribution < 1.29 is 14.4 Å². The molecule has 0 aliphatic carbocycles. The first-order valence-electron chi connectivity index (χ1n) is 8.06. The average Bonchev–Trinajstić information content (AvgIpc) is 2.61. The first-order chi connectivity index (χ1) is 12.0. The summed E-state index contributed by atoms with van der Waals surface area (Å²) in [6.45, 7) is 2.29. The lowest BCUT2D eigenvalue weighted by atomic mass is 10.1. The normalized spacial score (nSPS) is 10.1. The van der Waals surface area contributed by atoms with Crippen LogP contribution in [0.1, 0.15) is 46.0 Å². The zero-order valence-electron chi connectivity index (χ0n) is 14.0. The predicted molar refractivity (Wildman–Crippen MR) is 96.1 cm³/mol. The number of rotatable bonds is 7. The van der Waals surface area contributed by atoms with Crippen LogP contribution in [0, 0.1) is 0 Å². The lowest BCUT2D eigenvalue weighted by Gasteiger charge is -2.08. The van der Waals surface area contributed by atoms with Crippen LogP contribution in [0.4, 0.5) is 5.69 Å². The molecule has 0 saturated carbocycles. The van der Waals surface area contributed by atoms with Crippen LogP contribution in [-0.2, 0) is 11.3 Å². The van der Waals surface area contributed by atoms with Crippen molar-refractivity contribution in [1.29, 1.82) is 0 Å². The molecular weight excluding hydrogens is 318 g/mol. The fourth-order valence-corrected chi connectivity index (χ4v) is 2.25. The highest BCUT2D eigenvalue weighted by molar-refractivity contribution is 5.99. The highest BCUT2D eigenvalue weighted by Gasteiger charge is 2.08. The molecule has 0 bridgehead atoms. The number of nitrogens with two attached hydrogens (primary N) is 1. The molecule has 0 unspecified atom stereocenters. The van der Waals surface area contributed by atoms with Gasteiger partial charge < -0.3 is 16.4 Å². The van der Waals surface area contributed by atoms with E-state index in [1.54, 1.807) is 30.3 Å². The first-order valence-corrected chi connectivity index (χ1v) is 8.06. The summed E-state index contributed by atoms with van der Waals surface area (Å²) < 4.78 is 0. The van der Waals surface area contributed by atoms with E-state index < -0.39 is 5.91 Å². The van der Waals surface area contributed by atoms with Gasteiger partial charge in [0.1, 0.15) is 0 Å². The lowest BCUT2D eigenvalue weighted by Crippen LogP contribution is -2.23. The van der Waals surface area contributed by atoms with Gasteiger partial charge in [-0.15, -0.1) is 0 Å². The number of nitrogens with one attached hydrogen (secondary N) is 2. The van der Waals surface area contributed by atoms with Gasteiger partial charge in [-0.1, -0.05) is 25.1 Å². The predicted octanol–water partition coefficient (Wildman–Crippen LogP) is 2.45. The fourth-order valence-electron chi connectivity index (χ4n) is 2.25. The molecule has 2 rings (SSSR count). The molecule has 0 radical (unpaired) electrons. The van der Waals surface area contributed by atoms with Gasteiger partial charge in [-0.25, -0.2) is 0 Å². The molecule has 0 aromatic heterocycles. The van der Waals surface area contributed by atoms with Gasteiger partial charge in [-0.05, 0) is 42.3 Å². The van der Waals surface area contributed by atoms with Crippen LogP contribution in [0.15, 0.2) is 48.5 Å². The van der Waals surface area contributed by atoms with Gasteiger partial charge >= 0.3 is 0 Å². The maximum atomic E-state index is 12.2. The van der Waals surface area contributed by atoms with Crippen molar-refractivity contribution in [2.45, 2.75) is 26.3 Å². The van der Waals surface area contributed by atoms with E-state index in [0.29, 0.717) is 24.1 Å². The van der Waals surface area contributed by atoms with E-state index >= 15 is 0 Å². The van der Waals surface area contributed by atoms with E-state index in [1.807, 2.05) is 19.1 Å². The number of primary amides is 1. The summed E-state index contributed by atoms with van der Waals surface area (Å²) in [6, 6.07) is 13.5. The Balaban J connectivity index is 1.92. The van der Waals surface area contributed by atoms with Gasteiger partial charge in [-0.2, -0.15) is 0 Å². The fraction of sp³-hybridized carbons (Fsp3) is 0.211. The van der Waals surface area contributed by atoms with Crippen LogP contribution in [-0.4, -0.2) is 17.7 Å². The molecule has 2 aromatic carbocycles. The summed E-state index contributed by atoms with van der Waals surface area (Å²) in [4.78, 5) is 34.9. The zero-order valence-corrected chi connectivity index (χ0v) is 14.0.